The summed E-state index contributed by atoms with van der Waals surface area (Å²) in [5.41, 5.74) is 8.87. The lowest BCUT2D eigenvalue weighted by atomic mass is 9.96. The Bertz CT molecular complexity index is 517. The van der Waals surface area contributed by atoms with Gasteiger partial charge in [-0.1, -0.05) is 26.8 Å². The van der Waals surface area contributed by atoms with Gasteiger partial charge >= 0.3 is 5.97 Å². The SMILES string of the molecule is CO[C@H](C)CN(CC(C)C)c1ccc([C@H](C)CC(=O)O)cc1N. The Morgan fingerprint density at radius 1 is 1.26 bits per heavy atom. The summed E-state index contributed by atoms with van der Waals surface area (Å²) in [5, 5.41) is 8.93. The van der Waals surface area contributed by atoms with Gasteiger partial charge in [0.25, 0.3) is 0 Å². The van der Waals surface area contributed by atoms with Gasteiger partial charge in [-0.3, -0.25) is 4.79 Å². The summed E-state index contributed by atoms with van der Waals surface area (Å²) in [7, 11) is 1.71. The smallest absolute Gasteiger partial charge is 0.303 e. The van der Waals surface area contributed by atoms with Crippen LogP contribution in [0.15, 0.2) is 18.2 Å². The zero-order valence-electron chi connectivity index (χ0n) is 14.9. The quantitative estimate of drug-likeness (QED) is 0.682. The molecule has 0 amide bonds. The van der Waals surface area contributed by atoms with Crippen molar-refractivity contribution in [2.24, 2.45) is 5.92 Å². The highest BCUT2D eigenvalue weighted by molar-refractivity contribution is 5.71. The predicted octanol–water partition coefficient (Wildman–Crippen LogP) is 3.34. The van der Waals surface area contributed by atoms with Crippen molar-refractivity contribution in [3.63, 3.8) is 0 Å². The molecule has 0 unspecified atom stereocenters. The van der Waals surface area contributed by atoms with Gasteiger partial charge in [0, 0.05) is 20.2 Å². The number of nitrogens with two attached hydrogens (primary N) is 1. The molecule has 23 heavy (non-hydrogen) atoms. The summed E-state index contributed by atoms with van der Waals surface area (Å²) >= 11 is 0. The highest BCUT2D eigenvalue weighted by Crippen LogP contribution is 2.29. The van der Waals surface area contributed by atoms with E-state index in [0.717, 1.165) is 24.3 Å². The van der Waals surface area contributed by atoms with Gasteiger partial charge in [0.2, 0.25) is 0 Å². The predicted molar refractivity (Wildman–Crippen MR) is 95.0 cm³/mol. The average molecular weight is 322 g/mol. The number of methoxy groups -OCH3 is 1. The molecule has 0 aliphatic rings. The minimum atomic E-state index is -0.796. The van der Waals surface area contributed by atoms with E-state index in [1.807, 2.05) is 32.0 Å². The summed E-state index contributed by atoms with van der Waals surface area (Å²) < 4.78 is 5.38. The third-order valence-corrected chi connectivity index (χ3v) is 3.91. The molecule has 2 atom stereocenters. The zero-order chi connectivity index (χ0) is 17.6. The van der Waals surface area contributed by atoms with Crippen LogP contribution < -0.4 is 10.6 Å². The van der Waals surface area contributed by atoms with Crippen LogP contribution in [-0.4, -0.2) is 37.4 Å². The molecule has 0 bridgehead atoms. The number of hydrogen-bond acceptors (Lipinski definition) is 4. The summed E-state index contributed by atoms with van der Waals surface area (Å²) in [6.45, 7) is 9.94. The molecule has 0 aromatic heterocycles. The third-order valence-electron chi connectivity index (χ3n) is 3.91. The first-order chi connectivity index (χ1) is 10.7. The molecular weight excluding hydrogens is 292 g/mol. The third kappa shape index (κ3) is 6.10. The number of carboxylic acids is 1. The van der Waals surface area contributed by atoms with Crippen molar-refractivity contribution in [2.45, 2.75) is 46.1 Å². The van der Waals surface area contributed by atoms with Gasteiger partial charge < -0.3 is 20.5 Å². The number of ether oxygens (including phenoxy) is 1. The maximum absolute atomic E-state index is 10.9. The Labute approximate surface area is 139 Å². The Balaban J connectivity index is 3.01. The van der Waals surface area contributed by atoms with Gasteiger partial charge in [0.15, 0.2) is 0 Å². The number of nitrogen functional groups attached to an aromatic ring is 1. The maximum atomic E-state index is 10.9. The van der Waals surface area contributed by atoms with Crippen LogP contribution in [0.1, 0.15) is 45.6 Å². The fourth-order valence-electron chi connectivity index (χ4n) is 2.64. The topological polar surface area (TPSA) is 75.8 Å². The second-order valence-electron chi connectivity index (χ2n) is 6.66. The second-order valence-corrected chi connectivity index (χ2v) is 6.66. The molecule has 0 radical (unpaired) electrons. The number of carbonyl (C=O) groups is 1. The van der Waals surface area contributed by atoms with Crippen molar-refractivity contribution in [1.29, 1.82) is 0 Å². The van der Waals surface area contributed by atoms with E-state index >= 15 is 0 Å². The molecule has 5 heteroatoms. The fraction of sp³-hybridized carbons (Fsp3) is 0.611. The number of carboxylic acid groups (broad SMARTS) is 1. The molecule has 3 N–H and O–H groups in total. The summed E-state index contributed by atoms with van der Waals surface area (Å²) in [5.74, 6) is -0.347. The van der Waals surface area contributed by atoms with Crippen molar-refractivity contribution in [2.75, 3.05) is 30.8 Å². The first-order valence-corrected chi connectivity index (χ1v) is 8.13. The summed E-state index contributed by atoms with van der Waals surface area (Å²) in [6, 6.07) is 5.87. The van der Waals surface area contributed by atoms with Crippen LogP contribution in [0.5, 0.6) is 0 Å². The highest BCUT2D eigenvalue weighted by atomic mass is 16.5. The number of hydrogen-bond donors (Lipinski definition) is 2. The van der Waals surface area contributed by atoms with E-state index in [1.165, 1.54) is 0 Å². The van der Waals surface area contributed by atoms with Gasteiger partial charge in [0.1, 0.15) is 0 Å². The summed E-state index contributed by atoms with van der Waals surface area (Å²) in [6.07, 6.45) is 0.216. The van der Waals surface area contributed by atoms with Gasteiger partial charge in [-0.05, 0) is 36.5 Å². The number of anilines is 2. The van der Waals surface area contributed by atoms with Gasteiger partial charge in [-0.2, -0.15) is 0 Å². The molecule has 1 aromatic carbocycles. The lowest BCUT2D eigenvalue weighted by molar-refractivity contribution is -0.137. The Morgan fingerprint density at radius 2 is 1.91 bits per heavy atom. The molecule has 0 saturated carbocycles. The van der Waals surface area contributed by atoms with Crippen LogP contribution in [-0.2, 0) is 9.53 Å². The Morgan fingerprint density at radius 3 is 2.39 bits per heavy atom. The van der Waals surface area contributed by atoms with Crippen molar-refractivity contribution in [3.8, 4) is 0 Å². The fourth-order valence-corrected chi connectivity index (χ4v) is 2.64. The van der Waals surface area contributed by atoms with Gasteiger partial charge in [-0.15, -0.1) is 0 Å². The van der Waals surface area contributed by atoms with E-state index in [4.69, 9.17) is 15.6 Å². The van der Waals surface area contributed by atoms with E-state index < -0.39 is 5.97 Å². The Hall–Kier alpha value is -1.75. The standard InChI is InChI=1S/C18H30N2O3/c1-12(2)10-20(11-14(4)23-5)17-7-6-15(9-16(17)19)13(3)8-18(21)22/h6-7,9,12-14H,8,10-11,19H2,1-5H3,(H,21,22)/t13-,14-/m1/s1. The van der Waals surface area contributed by atoms with E-state index in [9.17, 15) is 4.79 Å². The van der Waals surface area contributed by atoms with Crippen molar-refractivity contribution < 1.29 is 14.6 Å². The van der Waals surface area contributed by atoms with Crippen molar-refractivity contribution in [1.82, 2.24) is 0 Å². The maximum Gasteiger partial charge on any atom is 0.303 e. The van der Waals surface area contributed by atoms with E-state index in [1.54, 1.807) is 7.11 Å². The lowest BCUT2D eigenvalue weighted by Crippen LogP contribution is -2.35. The van der Waals surface area contributed by atoms with Crippen molar-refractivity contribution >= 4 is 17.3 Å². The highest BCUT2D eigenvalue weighted by Gasteiger charge is 2.17. The molecule has 0 aliphatic heterocycles. The van der Waals surface area contributed by atoms with E-state index in [2.05, 4.69) is 18.7 Å². The molecule has 5 nitrogen and oxygen atoms in total. The zero-order valence-corrected chi connectivity index (χ0v) is 14.9. The number of benzene rings is 1. The second kappa shape index (κ2) is 8.77. The van der Waals surface area contributed by atoms with Crippen LogP contribution in [0.2, 0.25) is 0 Å². The first kappa shape index (κ1) is 19.3. The van der Waals surface area contributed by atoms with Crippen molar-refractivity contribution in [3.05, 3.63) is 23.8 Å². The Kier molecular flexibility index (Phi) is 7.36. The number of aliphatic carboxylic acids is 1. The van der Waals surface area contributed by atoms with Crippen LogP contribution >= 0.6 is 0 Å². The largest absolute Gasteiger partial charge is 0.481 e. The van der Waals surface area contributed by atoms with Gasteiger partial charge in [-0.25, -0.2) is 0 Å². The van der Waals surface area contributed by atoms with Crippen LogP contribution in [0, 0.1) is 5.92 Å². The van der Waals surface area contributed by atoms with Gasteiger partial charge in [0.05, 0.1) is 23.9 Å². The number of nitrogens with zero attached hydrogens (tertiary/aromatic N) is 1. The van der Waals surface area contributed by atoms with Crippen LogP contribution in [0.25, 0.3) is 0 Å². The molecule has 130 valence electrons. The lowest BCUT2D eigenvalue weighted by Gasteiger charge is -2.30. The molecule has 1 aromatic rings. The molecule has 0 heterocycles. The summed E-state index contributed by atoms with van der Waals surface area (Å²) in [4.78, 5) is 13.1. The average Bonchev–Trinajstić information content (AvgIpc) is 2.45. The minimum Gasteiger partial charge on any atom is -0.481 e. The monoisotopic (exact) mass is 322 g/mol. The van der Waals surface area contributed by atoms with Crippen LogP contribution in [0.3, 0.4) is 0 Å². The first-order valence-electron chi connectivity index (χ1n) is 8.13. The molecule has 0 aliphatic carbocycles. The van der Waals surface area contributed by atoms with E-state index in [-0.39, 0.29) is 18.4 Å². The molecule has 0 fully saturated rings. The number of rotatable bonds is 9. The molecule has 0 saturated heterocycles. The van der Waals surface area contributed by atoms with E-state index in [0.29, 0.717) is 11.6 Å². The molecule has 0 spiro atoms. The molecule has 1 rings (SSSR count). The van der Waals surface area contributed by atoms with Crippen LogP contribution in [0.4, 0.5) is 11.4 Å². The molecular formula is C18H30N2O3. The minimum absolute atomic E-state index is 0.0553. The normalized spacial score (nSPS) is 13.8.